The van der Waals surface area contributed by atoms with E-state index in [1.165, 1.54) is 12.1 Å². The molecule has 0 atom stereocenters. The lowest BCUT2D eigenvalue weighted by Gasteiger charge is -2.12. The second kappa shape index (κ2) is 5.40. The van der Waals surface area contributed by atoms with E-state index in [-0.39, 0.29) is 5.56 Å². The van der Waals surface area contributed by atoms with Gasteiger partial charge in [-0.3, -0.25) is 0 Å². The average molecular weight is 302 g/mol. The first-order valence-corrected chi connectivity index (χ1v) is 6.83. The van der Waals surface area contributed by atoms with Crippen LogP contribution in [0.2, 0.25) is 0 Å². The number of halogens is 3. The van der Waals surface area contributed by atoms with Gasteiger partial charge in [-0.1, -0.05) is 42.5 Å². The van der Waals surface area contributed by atoms with Gasteiger partial charge in [0.2, 0.25) is 0 Å². The highest BCUT2D eigenvalue weighted by molar-refractivity contribution is 6.21. The first-order valence-electron chi connectivity index (χ1n) is 6.83. The molecule has 0 spiro atoms. The van der Waals surface area contributed by atoms with Crippen LogP contribution >= 0.6 is 0 Å². The number of alkyl halides is 3. The van der Waals surface area contributed by atoms with Gasteiger partial charge in [-0.2, -0.15) is 23.4 Å². The number of nitrogens with zero attached hydrogens (tertiary/aromatic N) is 2. The van der Waals surface area contributed by atoms with E-state index in [4.69, 9.17) is 0 Å². The molecule has 0 radical (unpaired) electrons. The quantitative estimate of drug-likeness (QED) is 0.774. The van der Waals surface area contributed by atoms with Gasteiger partial charge in [0.25, 0.3) is 0 Å². The fourth-order valence-corrected chi connectivity index (χ4v) is 2.53. The van der Waals surface area contributed by atoms with Gasteiger partial charge in [0.05, 0.1) is 17.0 Å². The SMILES string of the molecule is Cc1ccccc1C1=NN=C(c2ccccc2C(F)(F)F)C1. The van der Waals surface area contributed by atoms with Crippen molar-refractivity contribution in [3.63, 3.8) is 0 Å². The molecule has 1 heterocycles. The fourth-order valence-electron chi connectivity index (χ4n) is 2.53. The first-order chi connectivity index (χ1) is 10.5. The number of hydrogen-bond donors (Lipinski definition) is 0. The maximum absolute atomic E-state index is 13.1. The van der Waals surface area contributed by atoms with E-state index in [1.54, 1.807) is 6.07 Å². The Balaban J connectivity index is 1.92. The summed E-state index contributed by atoms with van der Waals surface area (Å²) in [5.74, 6) is 0. The summed E-state index contributed by atoms with van der Waals surface area (Å²) in [6.07, 6.45) is -4.09. The van der Waals surface area contributed by atoms with Gasteiger partial charge in [-0.25, -0.2) is 0 Å². The van der Waals surface area contributed by atoms with Gasteiger partial charge in [0.1, 0.15) is 0 Å². The zero-order chi connectivity index (χ0) is 15.7. The molecule has 0 saturated carbocycles. The van der Waals surface area contributed by atoms with E-state index in [9.17, 15) is 13.2 Å². The topological polar surface area (TPSA) is 24.7 Å². The van der Waals surface area contributed by atoms with E-state index in [2.05, 4.69) is 10.2 Å². The molecule has 0 amide bonds. The van der Waals surface area contributed by atoms with Crippen molar-refractivity contribution in [1.82, 2.24) is 0 Å². The van der Waals surface area contributed by atoms with Crippen molar-refractivity contribution in [2.75, 3.05) is 0 Å². The molecule has 0 N–H and O–H groups in total. The maximum atomic E-state index is 13.1. The van der Waals surface area contributed by atoms with Crippen molar-refractivity contribution in [1.29, 1.82) is 0 Å². The molecule has 2 aromatic carbocycles. The molecule has 2 nitrogen and oxygen atoms in total. The lowest BCUT2D eigenvalue weighted by Crippen LogP contribution is -2.14. The number of hydrogen-bond acceptors (Lipinski definition) is 2. The molecule has 3 rings (SSSR count). The third-order valence-corrected chi connectivity index (χ3v) is 3.63. The van der Waals surface area contributed by atoms with Crippen LogP contribution in [0.15, 0.2) is 58.7 Å². The van der Waals surface area contributed by atoms with Gasteiger partial charge in [0, 0.05) is 17.5 Å². The molecule has 0 aromatic heterocycles. The summed E-state index contributed by atoms with van der Waals surface area (Å²) in [5, 5.41) is 8.07. The van der Waals surface area contributed by atoms with Crippen molar-refractivity contribution < 1.29 is 13.2 Å². The van der Waals surface area contributed by atoms with Crippen LogP contribution in [0, 0.1) is 6.92 Å². The highest BCUT2D eigenvalue weighted by atomic mass is 19.4. The Morgan fingerprint density at radius 1 is 0.818 bits per heavy atom. The molecular formula is C17H13F3N2. The second-order valence-electron chi connectivity index (χ2n) is 5.13. The Hall–Kier alpha value is -2.43. The normalized spacial score (nSPS) is 14.7. The molecule has 0 aliphatic carbocycles. The van der Waals surface area contributed by atoms with E-state index in [0.29, 0.717) is 17.8 Å². The highest BCUT2D eigenvalue weighted by Crippen LogP contribution is 2.33. The minimum absolute atomic E-state index is 0.0994. The van der Waals surface area contributed by atoms with Gasteiger partial charge >= 0.3 is 6.18 Å². The maximum Gasteiger partial charge on any atom is 0.417 e. The molecule has 5 heteroatoms. The van der Waals surface area contributed by atoms with E-state index in [0.717, 1.165) is 17.2 Å². The van der Waals surface area contributed by atoms with Crippen LogP contribution in [0.5, 0.6) is 0 Å². The zero-order valence-electron chi connectivity index (χ0n) is 11.9. The van der Waals surface area contributed by atoms with Gasteiger partial charge in [0.15, 0.2) is 0 Å². The van der Waals surface area contributed by atoms with E-state index < -0.39 is 11.7 Å². The standard InChI is InChI=1S/C17H13F3N2/c1-11-6-2-3-7-12(11)15-10-16(22-21-15)13-8-4-5-9-14(13)17(18,19)20/h2-9H,10H2,1H3. The van der Waals surface area contributed by atoms with Crippen LogP contribution in [-0.2, 0) is 6.18 Å². The summed E-state index contributed by atoms with van der Waals surface area (Å²) >= 11 is 0. The van der Waals surface area contributed by atoms with Crippen molar-refractivity contribution in [3.05, 3.63) is 70.8 Å². The Kier molecular flexibility index (Phi) is 3.56. The number of benzene rings is 2. The molecule has 0 saturated heterocycles. The fraction of sp³-hybridized carbons (Fsp3) is 0.176. The largest absolute Gasteiger partial charge is 0.417 e. The molecule has 1 aliphatic rings. The Bertz CT molecular complexity index is 773. The predicted octanol–water partition coefficient (Wildman–Crippen LogP) is 4.61. The molecule has 0 unspecified atom stereocenters. The van der Waals surface area contributed by atoms with Crippen molar-refractivity contribution in [2.45, 2.75) is 19.5 Å². The number of aryl methyl sites for hydroxylation is 1. The highest BCUT2D eigenvalue weighted by Gasteiger charge is 2.35. The molecule has 0 fully saturated rings. The van der Waals surface area contributed by atoms with Gasteiger partial charge in [-0.05, 0) is 18.6 Å². The van der Waals surface area contributed by atoms with E-state index >= 15 is 0 Å². The average Bonchev–Trinajstić information content (AvgIpc) is 2.96. The summed E-state index contributed by atoms with van der Waals surface area (Å²) in [4.78, 5) is 0. The summed E-state index contributed by atoms with van der Waals surface area (Å²) in [6.45, 7) is 1.94. The summed E-state index contributed by atoms with van der Waals surface area (Å²) in [7, 11) is 0. The van der Waals surface area contributed by atoms with Crippen molar-refractivity contribution >= 4 is 11.4 Å². The van der Waals surface area contributed by atoms with Crippen LogP contribution < -0.4 is 0 Å². The van der Waals surface area contributed by atoms with Crippen molar-refractivity contribution in [3.8, 4) is 0 Å². The van der Waals surface area contributed by atoms with Crippen LogP contribution in [0.25, 0.3) is 0 Å². The van der Waals surface area contributed by atoms with Crippen LogP contribution in [0.1, 0.15) is 28.7 Å². The minimum atomic E-state index is -4.40. The summed E-state index contributed by atoms with van der Waals surface area (Å²) in [5.41, 5.74) is 2.43. The lowest BCUT2D eigenvalue weighted by molar-refractivity contribution is -0.137. The number of rotatable bonds is 2. The van der Waals surface area contributed by atoms with E-state index in [1.807, 2.05) is 31.2 Å². The lowest BCUT2D eigenvalue weighted by atomic mass is 9.95. The third kappa shape index (κ3) is 2.66. The van der Waals surface area contributed by atoms with Crippen LogP contribution in [0.3, 0.4) is 0 Å². The molecule has 22 heavy (non-hydrogen) atoms. The smallest absolute Gasteiger partial charge is 0.166 e. The monoisotopic (exact) mass is 302 g/mol. The molecule has 2 aromatic rings. The Morgan fingerprint density at radius 3 is 2.00 bits per heavy atom. The first kappa shape index (κ1) is 14.5. The van der Waals surface area contributed by atoms with Crippen LogP contribution in [0.4, 0.5) is 13.2 Å². The van der Waals surface area contributed by atoms with Gasteiger partial charge < -0.3 is 0 Å². The zero-order valence-corrected chi connectivity index (χ0v) is 11.9. The Morgan fingerprint density at radius 2 is 1.36 bits per heavy atom. The van der Waals surface area contributed by atoms with Crippen molar-refractivity contribution in [2.24, 2.45) is 10.2 Å². The van der Waals surface area contributed by atoms with Crippen LogP contribution in [-0.4, -0.2) is 11.4 Å². The molecular weight excluding hydrogens is 289 g/mol. The molecule has 0 bridgehead atoms. The molecule has 1 aliphatic heterocycles. The third-order valence-electron chi connectivity index (χ3n) is 3.63. The Labute approximate surface area is 126 Å². The summed E-state index contributed by atoms with van der Waals surface area (Å²) in [6, 6.07) is 13.1. The minimum Gasteiger partial charge on any atom is -0.166 e. The molecule has 112 valence electrons. The van der Waals surface area contributed by atoms with Gasteiger partial charge in [-0.15, -0.1) is 0 Å². The second-order valence-corrected chi connectivity index (χ2v) is 5.13. The predicted molar refractivity (Wildman–Crippen MR) is 80.3 cm³/mol. The summed E-state index contributed by atoms with van der Waals surface area (Å²) < 4.78 is 39.3.